The fraction of sp³-hybridized carbons (Fsp3) is 0.450. The highest BCUT2D eigenvalue weighted by atomic mass is 16.3. The van der Waals surface area contributed by atoms with Crippen LogP contribution in [0.1, 0.15) is 56.3 Å². The predicted molar refractivity (Wildman–Crippen MR) is 97.2 cm³/mol. The first-order valence-electron chi connectivity index (χ1n) is 9.27. The Morgan fingerprint density at radius 2 is 2.23 bits per heavy atom. The maximum atomic E-state index is 11.3. The van der Waals surface area contributed by atoms with E-state index in [-0.39, 0.29) is 6.04 Å². The van der Waals surface area contributed by atoms with Crippen LogP contribution in [0.25, 0.3) is 22.2 Å². The summed E-state index contributed by atoms with van der Waals surface area (Å²) in [5.74, 6) is 0.484. The second-order valence-corrected chi connectivity index (χ2v) is 7.70. The molecule has 2 N–H and O–H groups in total. The summed E-state index contributed by atoms with van der Waals surface area (Å²) in [5.41, 5.74) is 3.06. The first kappa shape index (κ1) is 15.6. The molecule has 3 aromatic heterocycles. The van der Waals surface area contributed by atoms with Crippen molar-refractivity contribution in [2.45, 2.75) is 50.7 Å². The van der Waals surface area contributed by atoms with E-state index in [9.17, 15) is 10.4 Å². The molecule has 0 saturated heterocycles. The number of H-pyrrole nitrogens is 1. The normalized spacial score (nSPS) is 23.1. The van der Waals surface area contributed by atoms with Crippen molar-refractivity contribution in [2.75, 3.05) is 0 Å². The van der Waals surface area contributed by atoms with E-state index >= 15 is 0 Å². The lowest BCUT2D eigenvalue weighted by atomic mass is 9.82. The maximum Gasteiger partial charge on any atom is 0.138 e. The minimum atomic E-state index is -1.18. The van der Waals surface area contributed by atoms with Crippen molar-refractivity contribution in [1.29, 1.82) is 5.26 Å². The van der Waals surface area contributed by atoms with Gasteiger partial charge in [-0.1, -0.05) is 12.8 Å². The van der Waals surface area contributed by atoms with Gasteiger partial charge in [0.2, 0.25) is 0 Å². The molecule has 5 rings (SSSR count). The van der Waals surface area contributed by atoms with Crippen LogP contribution in [-0.2, 0) is 5.60 Å². The van der Waals surface area contributed by atoms with Gasteiger partial charge in [0.25, 0.3) is 0 Å². The highest BCUT2D eigenvalue weighted by molar-refractivity contribution is 5.99. The Morgan fingerprint density at radius 1 is 1.42 bits per heavy atom. The molecule has 1 fully saturated rings. The number of nitrogens with zero attached hydrogens (tertiary/aromatic N) is 4. The second kappa shape index (κ2) is 5.42. The largest absolute Gasteiger partial charge is 0.379 e. The minimum absolute atomic E-state index is 0.0714. The predicted octanol–water partition coefficient (Wildman–Crippen LogP) is 3.64. The molecule has 2 aliphatic rings. The van der Waals surface area contributed by atoms with Gasteiger partial charge in [-0.2, -0.15) is 10.4 Å². The molecule has 0 amide bonds. The summed E-state index contributed by atoms with van der Waals surface area (Å²) in [4.78, 5) is 7.53. The first-order chi connectivity index (χ1) is 12.6. The summed E-state index contributed by atoms with van der Waals surface area (Å²) in [6.45, 7) is 1.79. The lowest BCUT2D eigenvalue weighted by molar-refractivity contribution is 0.0972. The second-order valence-electron chi connectivity index (χ2n) is 7.70. The van der Waals surface area contributed by atoms with Gasteiger partial charge in [0, 0.05) is 35.1 Å². The van der Waals surface area contributed by atoms with Crippen molar-refractivity contribution < 1.29 is 5.11 Å². The molecule has 3 heterocycles. The Hall–Kier alpha value is -2.65. The van der Waals surface area contributed by atoms with Crippen molar-refractivity contribution in [1.82, 2.24) is 19.7 Å². The van der Waals surface area contributed by atoms with Crippen LogP contribution in [0, 0.1) is 17.2 Å². The van der Waals surface area contributed by atoms with E-state index in [1.807, 2.05) is 23.1 Å². The molecule has 0 radical (unpaired) electrons. The van der Waals surface area contributed by atoms with E-state index in [2.05, 4.69) is 16.0 Å². The maximum absolute atomic E-state index is 11.3. The zero-order valence-corrected chi connectivity index (χ0v) is 14.7. The molecule has 0 spiro atoms. The number of rotatable bonds is 3. The van der Waals surface area contributed by atoms with Gasteiger partial charge in [-0.25, -0.2) is 4.98 Å². The third-order valence-corrected chi connectivity index (χ3v) is 6.17. The third-order valence-electron chi connectivity index (χ3n) is 6.17. The summed E-state index contributed by atoms with van der Waals surface area (Å²) in [6, 6.07) is 4.39. The van der Waals surface area contributed by atoms with Crippen LogP contribution >= 0.6 is 0 Å². The highest BCUT2D eigenvalue weighted by Crippen LogP contribution is 2.47. The van der Waals surface area contributed by atoms with Gasteiger partial charge in [0.05, 0.1) is 18.5 Å². The Labute approximate surface area is 151 Å². The molecule has 0 bridgehead atoms. The molecule has 6 heteroatoms. The number of pyridine rings is 1. The van der Waals surface area contributed by atoms with Crippen molar-refractivity contribution in [3.05, 3.63) is 35.9 Å². The van der Waals surface area contributed by atoms with Crippen LogP contribution in [0.2, 0.25) is 0 Å². The molecular weight excluding hydrogens is 326 g/mol. The van der Waals surface area contributed by atoms with Crippen LogP contribution in [-0.4, -0.2) is 24.9 Å². The van der Waals surface area contributed by atoms with E-state index in [1.165, 1.54) is 12.8 Å². The number of fused-ring (bicyclic) bond motifs is 2. The number of aliphatic hydroxyl groups is 1. The summed E-state index contributed by atoms with van der Waals surface area (Å²) < 4.78 is 1.94. The fourth-order valence-corrected chi connectivity index (χ4v) is 4.82. The molecule has 2 unspecified atom stereocenters. The van der Waals surface area contributed by atoms with Gasteiger partial charge < -0.3 is 10.1 Å². The highest BCUT2D eigenvalue weighted by Gasteiger charge is 2.40. The smallest absolute Gasteiger partial charge is 0.138 e. The number of nitriles is 1. The number of hydrogen-bond donors (Lipinski definition) is 2. The number of nitrogens with one attached hydrogen (secondary N) is 1. The molecule has 6 nitrogen and oxygen atoms in total. The van der Waals surface area contributed by atoms with Crippen molar-refractivity contribution in [3.8, 4) is 17.2 Å². The Kier molecular flexibility index (Phi) is 3.25. The van der Waals surface area contributed by atoms with Crippen LogP contribution in [0.15, 0.2) is 24.7 Å². The first-order valence-corrected chi connectivity index (χ1v) is 9.27. The number of aromatic amines is 1. The number of aromatic nitrogens is 4. The zero-order valence-electron chi connectivity index (χ0n) is 14.7. The molecule has 3 aromatic rings. The topological polar surface area (TPSA) is 90.5 Å². The van der Waals surface area contributed by atoms with Gasteiger partial charge in [-0.05, 0) is 37.3 Å². The Bertz CT molecular complexity index is 1030. The quantitative estimate of drug-likeness (QED) is 0.757. The summed E-state index contributed by atoms with van der Waals surface area (Å²) in [7, 11) is 0. The van der Waals surface area contributed by atoms with Crippen LogP contribution < -0.4 is 0 Å². The van der Waals surface area contributed by atoms with E-state index in [0.29, 0.717) is 18.0 Å². The van der Waals surface area contributed by atoms with Crippen LogP contribution in [0.5, 0.6) is 0 Å². The molecule has 2 aliphatic carbocycles. The molecule has 2 atom stereocenters. The van der Waals surface area contributed by atoms with Crippen molar-refractivity contribution >= 4 is 11.0 Å². The van der Waals surface area contributed by atoms with E-state index in [4.69, 9.17) is 5.10 Å². The number of hydrogen-bond acceptors (Lipinski definition) is 4. The lowest BCUT2D eigenvalue weighted by Gasteiger charge is -2.27. The van der Waals surface area contributed by atoms with Gasteiger partial charge in [0.15, 0.2) is 0 Å². The van der Waals surface area contributed by atoms with Crippen LogP contribution in [0.3, 0.4) is 0 Å². The fourth-order valence-electron chi connectivity index (χ4n) is 4.82. The molecule has 132 valence electrons. The average molecular weight is 347 g/mol. The average Bonchev–Trinajstić information content (AvgIpc) is 3.37. The summed E-state index contributed by atoms with van der Waals surface area (Å²) >= 11 is 0. The molecule has 0 aliphatic heterocycles. The third kappa shape index (κ3) is 2.01. The van der Waals surface area contributed by atoms with E-state index in [0.717, 1.165) is 40.6 Å². The molecule has 0 aromatic carbocycles. The molecular formula is C20H21N5O. The van der Waals surface area contributed by atoms with Gasteiger partial charge in [-0.3, -0.25) is 4.68 Å². The Balaban J connectivity index is 1.70. The van der Waals surface area contributed by atoms with E-state index in [1.54, 1.807) is 13.1 Å². The van der Waals surface area contributed by atoms with E-state index < -0.39 is 5.60 Å². The standard InChI is InChI=1S/C20H21N5O/c1-20(26)15-10-23-19-17(15)13(7-9-22-19)14-11-25(24-18(14)20)16(6-8-21)12-4-2-3-5-12/h7,9-12,16,26H,2-6H2,1H3,(H,22,23). The SMILES string of the molecule is CC1(O)c2nn(C(CC#N)C3CCCC3)cc2-c2ccnc3[nH]cc1c23. The minimum Gasteiger partial charge on any atom is -0.379 e. The van der Waals surface area contributed by atoms with Crippen molar-refractivity contribution in [2.24, 2.45) is 5.92 Å². The van der Waals surface area contributed by atoms with Crippen LogP contribution in [0.4, 0.5) is 0 Å². The summed E-state index contributed by atoms with van der Waals surface area (Å²) in [6.07, 6.45) is 10.8. The Morgan fingerprint density at radius 3 is 3.00 bits per heavy atom. The molecule has 1 saturated carbocycles. The van der Waals surface area contributed by atoms with Crippen molar-refractivity contribution in [3.63, 3.8) is 0 Å². The monoisotopic (exact) mass is 347 g/mol. The van der Waals surface area contributed by atoms with Gasteiger partial charge >= 0.3 is 0 Å². The summed E-state index contributed by atoms with van der Waals surface area (Å²) in [5, 5.41) is 26.4. The van der Waals surface area contributed by atoms with Gasteiger partial charge in [-0.15, -0.1) is 0 Å². The van der Waals surface area contributed by atoms with Gasteiger partial charge in [0.1, 0.15) is 16.9 Å². The zero-order chi connectivity index (χ0) is 17.9. The lowest BCUT2D eigenvalue weighted by Crippen LogP contribution is -2.27. The molecule has 26 heavy (non-hydrogen) atoms.